The van der Waals surface area contributed by atoms with Gasteiger partial charge in [-0.3, -0.25) is 19.2 Å². The van der Waals surface area contributed by atoms with E-state index in [9.17, 15) is 29.4 Å². The van der Waals surface area contributed by atoms with E-state index >= 15 is 0 Å². The van der Waals surface area contributed by atoms with Gasteiger partial charge in [0.15, 0.2) is 0 Å². The highest BCUT2D eigenvalue weighted by atomic mass is 16.3. The Kier molecular flexibility index (Phi) is 10.4. The first-order valence-electron chi connectivity index (χ1n) is 14.8. The first kappa shape index (κ1) is 32.7. The fourth-order valence-electron chi connectivity index (χ4n) is 5.57. The van der Waals surface area contributed by atoms with Crippen LogP contribution in [0, 0.1) is 0 Å². The van der Waals surface area contributed by atoms with Gasteiger partial charge in [-0.15, -0.1) is 0 Å². The molecule has 14 N–H and O–H groups in total. The molecule has 1 aliphatic heterocycles. The van der Waals surface area contributed by atoms with Gasteiger partial charge in [-0.2, -0.15) is 0 Å². The Morgan fingerprint density at radius 1 is 0.977 bits per heavy atom. The zero-order valence-electron chi connectivity index (χ0n) is 24.5. The number of amides is 4. The van der Waals surface area contributed by atoms with Crippen molar-refractivity contribution in [3.8, 4) is 22.6 Å². The first-order valence-corrected chi connectivity index (χ1v) is 14.8. The second kappa shape index (κ2) is 14.0. The van der Waals surface area contributed by atoms with Gasteiger partial charge >= 0.3 is 0 Å². The first-order chi connectivity index (χ1) is 21.0. The molecule has 1 saturated carbocycles. The molecule has 1 heterocycles. The Labute approximate surface area is 255 Å². The number of aromatic hydroxyl groups is 2. The number of benzene rings is 2. The van der Waals surface area contributed by atoms with Crippen molar-refractivity contribution >= 4 is 23.6 Å². The van der Waals surface area contributed by atoms with Gasteiger partial charge in [0, 0.05) is 31.0 Å². The van der Waals surface area contributed by atoms with Gasteiger partial charge in [0.05, 0.1) is 6.04 Å². The molecule has 238 valence electrons. The summed E-state index contributed by atoms with van der Waals surface area (Å²) in [6.07, 6.45) is 0.794. The molecule has 0 saturated heterocycles. The van der Waals surface area contributed by atoms with Crippen molar-refractivity contribution in [1.29, 1.82) is 0 Å². The largest absolute Gasteiger partial charge is 0.508 e. The topological polar surface area (TPSA) is 261 Å². The second-order valence-corrected chi connectivity index (χ2v) is 11.3. The van der Waals surface area contributed by atoms with Crippen LogP contribution in [0.2, 0.25) is 0 Å². The number of phenols is 2. The molecule has 4 rings (SSSR count). The molecule has 1 unspecified atom stereocenters. The van der Waals surface area contributed by atoms with E-state index in [1.165, 1.54) is 12.1 Å². The van der Waals surface area contributed by atoms with Crippen LogP contribution in [0.15, 0.2) is 36.4 Å². The fraction of sp³-hybridized carbons (Fsp3) is 0.467. The number of carbonyl (C=O) groups excluding carboxylic acids is 4. The molecule has 2 aromatic rings. The summed E-state index contributed by atoms with van der Waals surface area (Å²) in [5.41, 5.74) is 23.8. The molecule has 1 fully saturated rings. The quantitative estimate of drug-likeness (QED) is 0.143. The Morgan fingerprint density at radius 2 is 1.68 bits per heavy atom. The number of phenolic OH excluding ortho intramolecular Hbond substituents is 2. The van der Waals surface area contributed by atoms with E-state index in [-0.39, 0.29) is 63.4 Å². The third kappa shape index (κ3) is 7.10. The fourth-order valence-corrected chi connectivity index (χ4v) is 5.57. The zero-order valence-corrected chi connectivity index (χ0v) is 24.5. The summed E-state index contributed by atoms with van der Waals surface area (Å²) in [5, 5.41) is 32.3. The van der Waals surface area contributed by atoms with E-state index in [4.69, 9.17) is 22.9 Å². The third-order valence-corrected chi connectivity index (χ3v) is 8.16. The molecule has 5 atom stereocenters. The summed E-state index contributed by atoms with van der Waals surface area (Å²) in [6, 6.07) is 6.62. The maximum absolute atomic E-state index is 14.0. The van der Waals surface area contributed by atoms with Crippen LogP contribution < -0.4 is 44.2 Å². The molecular formula is C30H42N8O6. The molecule has 0 aromatic heterocycles. The standard InChI is InChI=1S/C30H42N8O6/c31-8-1-2-22-28(43)38-30(29(44)37-23(7-9-32)27(42)35-11-10-33)15-20(30)19-13-17(4-6-25(19)40)16-3-5-24(39)18(12-16)14-21(34)26(41)36-22/h3-6,12-13,20-23,39-40H,1-2,7-11,14-15,31-34H2,(H,35,42)(H,36,41)(H,37,44)(H,38,43)/t20?,21-,22-,23-,30-/m0/s1. The molecule has 44 heavy (non-hydrogen) atoms. The SMILES string of the molecule is NCCC[C@@H]1NC(=O)[C@@H](N)Cc2cc(ccc2O)-c2ccc(O)c(c2)C2C[C@]2(C(=O)N[C@@H](CCN)C(=O)NCCN)NC1=O. The van der Waals surface area contributed by atoms with Gasteiger partial charge in [0.1, 0.15) is 29.1 Å². The summed E-state index contributed by atoms with van der Waals surface area (Å²) in [5.74, 6) is -3.18. The number of rotatable bonds is 10. The Morgan fingerprint density at radius 3 is 2.36 bits per heavy atom. The van der Waals surface area contributed by atoms with Crippen LogP contribution >= 0.6 is 0 Å². The average Bonchev–Trinajstić information content (AvgIpc) is 3.73. The van der Waals surface area contributed by atoms with Gasteiger partial charge in [-0.25, -0.2) is 0 Å². The van der Waals surface area contributed by atoms with Crippen LogP contribution in [0.25, 0.3) is 11.1 Å². The van der Waals surface area contributed by atoms with Crippen molar-refractivity contribution in [1.82, 2.24) is 21.3 Å². The maximum Gasteiger partial charge on any atom is 0.247 e. The van der Waals surface area contributed by atoms with Crippen LogP contribution in [0.4, 0.5) is 0 Å². The maximum atomic E-state index is 14.0. The Balaban J connectivity index is 1.78. The summed E-state index contributed by atoms with van der Waals surface area (Å²) < 4.78 is 0. The number of nitrogens with two attached hydrogens (primary N) is 4. The normalized spacial score (nSPS) is 23.6. The van der Waals surface area contributed by atoms with E-state index in [2.05, 4.69) is 21.3 Å². The minimum atomic E-state index is -1.55. The van der Waals surface area contributed by atoms with E-state index in [1.54, 1.807) is 24.3 Å². The number of hydrogen-bond acceptors (Lipinski definition) is 10. The van der Waals surface area contributed by atoms with Crippen LogP contribution in [-0.4, -0.2) is 83.7 Å². The summed E-state index contributed by atoms with van der Waals surface area (Å²) in [6.45, 7) is 0.758. The van der Waals surface area contributed by atoms with Gasteiger partial charge in [0.25, 0.3) is 0 Å². The van der Waals surface area contributed by atoms with Gasteiger partial charge in [0.2, 0.25) is 23.6 Å². The second-order valence-electron chi connectivity index (χ2n) is 11.3. The van der Waals surface area contributed by atoms with E-state index in [0.717, 1.165) is 0 Å². The Bertz CT molecular complexity index is 1400. The van der Waals surface area contributed by atoms with Crippen molar-refractivity contribution in [2.75, 3.05) is 26.2 Å². The van der Waals surface area contributed by atoms with Gasteiger partial charge in [-0.1, -0.05) is 12.1 Å². The number of hydrogen-bond donors (Lipinski definition) is 10. The molecular weight excluding hydrogens is 568 g/mol. The average molecular weight is 611 g/mol. The minimum absolute atomic E-state index is 0.00854. The number of nitrogens with one attached hydrogen (secondary N) is 4. The van der Waals surface area contributed by atoms with Crippen molar-refractivity contribution in [2.24, 2.45) is 22.9 Å². The highest BCUT2D eigenvalue weighted by molar-refractivity contribution is 6.00. The van der Waals surface area contributed by atoms with Crippen LogP contribution in [0.3, 0.4) is 0 Å². The molecule has 4 bridgehead atoms. The third-order valence-electron chi connectivity index (χ3n) is 8.16. The van der Waals surface area contributed by atoms with E-state index < -0.39 is 53.2 Å². The molecule has 0 radical (unpaired) electrons. The van der Waals surface area contributed by atoms with Crippen molar-refractivity contribution in [3.05, 3.63) is 47.5 Å². The monoisotopic (exact) mass is 610 g/mol. The van der Waals surface area contributed by atoms with Crippen molar-refractivity contribution in [2.45, 2.75) is 61.7 Å². The lowest BCUT2D eigenvalue weighted by atomic mass is 9.95. The zero-order chi connectivity index (χ0) is 32.0. The van der Waals surface area contributed by atoms with Gasteiger partial charge < -0.3 is 54.4 Å². The molecule has 1 aliphatic carbocycles. The molecule has 14 nitrogen and oxygen atoms in total. The molecule has 0 spiro atoms. The highest BCUT2D eigenvalue weighted by Gasteiger charge is 2.63. The summed E-state index contributed by atoms with van der Waals surface area (Å²) in [7, 11) is 0. The molecule has 4 amide bonds. The van der Waals surface area contributed by atoms with Crippen molar-refractivity contribution in [3.63, 3.8) is 0 Å². The Hall–Kier alpha value is -4.24. The number of fused-ring (bicyclic) bond motifs is 7. The minimum Gasteiger partial charge on any atom is -0.508 e. The van der Waals surface area contributed by atoms with E-state index in [0.29, 0.717) is 28.7 Å². The van der Waals surface area contributed by atoms with Crippen molar-refractivity contribution < 1.29 is 29.4 Å². The molecule has 2 aliphatic rings. The lowest BCUT2D eigenvalue weighted by Gasteiger charge is -2.27. The summed E-state index contributed by atoms with van der Waals surface area (Å²) in [4.78, 5) is 53.7. The smallest absolute Gasteiger partial charge is 0.247 e. The van der Waals surface area contributed by atoms with E-state index in [1.807, 2.05) is 0 Å². The predicted molar refractivity (Wildman–Crippen MR) is 163 cm³/mol. The molecule has 2 aromatic carbocycles. The van der Waals surface area contributed by atoms with Crippen LogP contribution in [0.5, 0.6) is 11.5 Å². The summed E-state index contributed by atoms with van der Waals surface area (Å²) >= 11 is 0. The number of carbonyl (C=O) groups is 4. The van der Waals surface area contributed by atoms with Gasteiger partial charge in [-0.05, 0) is 79.7 Å². The highest BCUT2D eigenvalue weighted by Crippen LogP contribution is 2.54. The van der Waals surface area contributed by atoms with Crippen LogP contribution in [0.1, 0.15) is 42.7 Å². The molecule has 14 heteroatoms. The lowest BCUT2D eigenvalue weighted by Crippen LogP contribution is -2.60. The lowest BCUT2D eigenvalue weighted by molar-refractivity contribution is -0.135. The van der Waals surface area contributed by atoms with Crippen LogP contribution in [-0.2, 0) is 25.6 Å². The predicted octanol–water partition coefficient (Wildman–Crippen LogP) is -1.88.